The maximum absolute atomic E-state index is 5.69. The molecule has 0 bridgehead atoms. The highest BCUT2D eigenvalue weighted by atomic mass is 16.5. The van der Waals surface area contributed by atoms with E-state index in [0.717, 1.165) is 16.9 Å². The van der Waals surface area contributed by atoms with E-state index >= 15 is 0 Å². The predicted molar refractivity (Wildman–Crippen MR) is 61.9 cm³/mol. The molecule has 0 aliphatic heterocycles. The van der Waals surface area contributed by atoms with Gasteiger partial charge in [-0.25, -0.2) is 0 Å². The van der Waals surface area contributed by atoms with Crippen LogP contribution in [0.25, 0.3) is 11.0 Å². The summed E-state index contributed by atoms with van der Waals surface area (Å²) < 4.78 is 5.69. The molecule has 2 aromatic rings. The third-order valence-electron chi connectivity index (χ3n) is 1.89. The third-order valence-corrected chi connectivity index (χ3v) is 1.89. The summed E-state index contributed by atoms with van der Waals surface area (Å²) in [5, 5.41) is 0. The first-order chi connectivity index (χ1) is 6.94. The molecule has 0 unspecified atom stereocenters. The molecule has 0 saturated carbocycles. The highest BCUT2D eigenvalue weighted by Gasteiger charge is 2.13. The standard InChI is InChI=1S/C11H13BN2O/c1-11(2,3)15-10-6-8-7(14-10)4-5-9(12)13-8/h4-6,14H,1-3H3. The topological polar surface area (TPSA) is 37.9 Å². The molecule has 15 heavy (non-hydrogen) atoms. The highest BCUT2D eigenvalue weighted by Crippen LogP contribution is 2.21. The summed E-state index contributed by atoms with van der Waals surface area (Å²) in [4.78, 5) is 7.33. The van der Waals surface area contributed by atoms with E-state index < -0.39 is 0 Å². The number of fused-ring (bicyclic) bond motifs is 1. The van der Waals surface area contributed by atoms with Gasteiger partial charge in [-0.05, 0) is 38.5 Å². The molecule has 0 aliphatic rings. The molecule has 0 saturated heterocycles. The number of pyridine rings is 1. The van der Waals surface area contributed by atoms with Crippen molar-refractivity contribution in [2.45, 2.75) is 26.4 Å². The highest BCUT2D eigenvalue weighted by molar-refractivity contribution is 6.31. The van der Waals surface area contributed by atoms with Gasteiger partial charge < -0.3 is 9.72 Å². The summed E-state index contributed by atoms with van der Waals surface area (Å²) in [6, 6.07) is 5.52. The normalized spacial score (nSPS) is 11.9. The summed E-state index contributed by atoms with van der Waals surface area (Å²) in [6.45, 7) is 6.00. The molecule has 0 aromatic carbocycles. The first-order valence-corrected chi connectivity index (χ1v) is 4.88. The molecule has 0 aliphatic carbocycles. The molecule has 0 amide bonds. The monoisotopic (exact) mass is 200 g/mol. The smallest absolute Gasteiger partial charge is 0.193 e. The van der Waals surface area contributed by atoms with Gasteiger partial charge in [-0.1, -0.05) is 0 Å². The molecule has 1 N–H and O–H groups in total. The van der Waals surface area contributed by atoms with Crippen LogP contribution < -0.4 is 10.3 Å². The predicted octanol–water partition coefficient (Wildman–Crippen LogP) is 1.53. The Morgan fingerprint density at radius 1 is 1.33 bits per heavy atom. The zero-order valence-corrected chi connectivity index (χ0v) is 9.16. The number of aromatic amines is 1. The van der Waals surface area contributed by atoms with Crippen LogP contribution in [0, 0.1) is 0 Å². The number of ether oxygens (including phenoxy) is 1. The average Bonchev–Trinajstić information content (AvgIpc) is 2.42. The van der Waals surface area contributed by atoms with Crippen molar-refractivity contribution >= 4 is 24.5 Å². The summed E-state index contributed by atoms with van der Waals surface area (Å²) in [5.74, 6) is 0.718. The molecule has 0 atom stereocenters. The second kappa shape index (κ2) is 3.30. The number of hydrogen-bond acceptors (Lipinski definition) is 2. The maximum atomic E-state index is 5.69. The van der Waals surface area contributed by atoms with E-state index in [1.54, 1.807) is 6.07 Å². The molecular formula is C11H13BN2O. The van der Waals surface area contributed by atoms with E-state index in [1.165, 1.54) is 0 Å². The second-order valence-electron chi connectivity index (χ2n) is 4.52. The van der Waals surface area contributed by atoms with Gasteiger partial charge in [-0.3, -0.25) is 4.98 Å². The van der Waals surface area contributed by atoms with Crippen molar-refractivity contribution < 1.29 is 4.74 Å². The van der Waals surface area contributed by atoms with Gasteiger partial charge in [-0.2, -0.15) is 0 Å². The van der Waals surface area contributed by atoms with Gasteiger partial charge in [0.05, 0.1) is 11.0 Å². The Morgan fingerprint density at radius 2 is 2.07 bits per heavy atom. The van der Waals surface area contributed by atoms with E-state index in [9.17, 15) is 0 Å². The van der Waals surface area contributed by atoms with Gasteiger partial charge in [0.25, 0.3) is 0 Å². The van der Waals surface area contributed by atoms with Crippen LogP contribution >= 0.6 is 0 Å². The Balaban J connectivity index is 2.39. The minimum Gasteiger partial charge on any atom is -0.473 e. The molecule has 2 radical (unpaired) electrons. The number of nitrogens with one attached hydrogen (secondary N) is 1. The van der Waals surface area contributed by atoms with E-state index in [1.807, 2.05) is 32.9 Å². The van der Waals surface area contributed by atoms with Gasteiger partial charge in [0.2, 0.25) is 0 Å². The molecule has 2 aromatic heterocycles. The van der Waals surface area contributed by atoms with E-state index in [2.05, 4.69) is 9.97 Å². The molecule has 2 rings (SSSR count). The molecular weight excluding hydrogens is 187 g/mol. The summed E-state index contributed by atoms with van der Waals surface area (Å²) in [5.41, 5.74) is 2.06. The van der Waals surface area contributed by atoms with E-state index in [-0.39, 0.29) is 5.60 Å². The zero-order chi connectivity index (χ0) is 11.1. The molecule has 2 heterocycles. The summed E-state index contributed by atoms with van der Waals surface area (Å²) in [7, 11) is 5.59. The third kappa shape index (κ3) is 2.32. The van der Waals surface area contributed by atoms with Crippen LogP contribution in [0.1, 0.15) is 20.8 Å². The van der Waals surface area contributed by atoms with Gasteiger partial charge in [-0.15, -0.1) is 0 Å². The second-order valence-corrected chi connectivity index (χ2v) is 4.52. The van der Waals surface area contributed by atoms with E-state index in [0.29, 0.717) is 5.59 Å². The summed E-state index contributed by atoms with van der Waals surface area (Å²) >= 11 is 0. The minimum atomic E-state index is -0.216. The number of H-pyrrole nitrogens is 1. The Hall–Kier alpha value is -1.45. The lowest BCUT2D eigenvalue weighted by Crippen LogP contribution is -2.23. The van der Waals surface area contributed by atoms with Crippen LogP contribution in [0.4, 0.5) is 0 Å². The SMILES string of the molecule is [B]c1ccc2[nH]c(OC(C)(C)C)cc2n1. The lowest BCUT2D eigenvalue weighted by molar-refractivity contribution is 0.125. The van der Waals surface area contributed by atoms with Crippen LogP contribution in [0.3, 0.4) is 0 Å². The fraction of sp³-hybridized carbons (Fsp3) is 0.364. The molecule has 76 valence electrons. The van der Waals surface area contributed by atoms with Gasteiger partial charge in [0.1, 0.15) is 13.4 Å². The van der Waals surface area contributed by atoms with Crippen molar-refractivity contribution in [2.24, 2.45) is 0 Å². The van der Waals surface area contributed by atoms with Gasteiger partial charge in [0, 0.05) is 6.07 Å². The number of aromatic nitrogens is 2. The van der Waals surface area contributed by atoms with Crippen LogP contribution in [0.2, 0.25) is 0 Å². The Morgan fingerprint density at radius 3 is 2.73 bits per heavy atom. The van der Waals surface area contributed by atoms with Crippen molar-refractivity contribution in [2.75, 3.05) is 0 Å². The van der Waals surface area contributed by atoms with Crippen LogP contribution in [0.15, 0.2) is 18.2 Å². The lowest BCUT2D eigenvalue weighted by Gasteiger charge is -2.19. The largest absolute Gasteiger partial charge is 0.473 e. The molecule has 4 heteroatoms. The van der Waals surface area contributed by atoms with Crippen LogP contribution in [-0.2, 0) is 0 Å². The Bertz CT molecular complexity index is 485. The van der Waals surface area contributed by atoms with Crippen molar-refractivity contribution in [3.63, 3.8) is 0 Å². The fourth-order valence-electron chi connectivity index (χ4n) is 1.38. The van der Waals surface area contributed by atoms with Gasteiger partial charge >= 0.3 is 0 Å². The number of rotatable bonds is 1. The minimum absolute atomic E-state index is 0.216. The number of nitrogens with zero attached hydrogens (tertiary/aromatic N) is 1. The Labute approximate surface area is 90.3 Å². The maximum Gasteiger partial charge on any atom is 0.193 e. The molecule has 0 spiro atoms. The average molecular weight is 200 g/mol. The first kappa shape index (κ1) is 10.1. The van der Waals surface area contributed by atoms with Crippen LogP contribution in [-0.4, -0.2) is 23.4 Å². The lowest BCUT2D eigenvalue weighted by atomic mass is 10.0. The quantitative estimate of drug-likeness (QED) is 0.709. The zero-order valence-electron chi connectivity index (χ0n) is 9.16. The molecule has 0 fully saturated rings. The first-order valence-electron chi connectivity index (χ1n) is 4.88. The number of hydrogen-bond donors (Lipinski definition) is 1. The van der Waals surface area contributed by atoms with Crippen molar-refractivity contribution in [1.82, 2.24) is 9.97 Å². The van der Waals surface area contributed by atoms with Crippen molar-refractivity contribution in [1.29, 1.82) is 0 Å². The fourth-order valence-corrected chi connectivity index (χ4v) is 1.38. The van der Waals surface area contributed by atoms with Crippen LogP contribution in [0.5, 0.6) is 5.88 Å². The Kier molecular flexibility index (Phi) is 2.22. The van der Waals surface area contributed by atoms with Gasteiger partial charge in [0.15, 0.2) is 5.88 Å². The van der Waals surface area contributed by atoms with Crippen molar-refractivity contribution in [3.05, 3.63) is 18.2 Å². The van der Waals surface area contributed by atoms with Crippen molar-refractivity contribution in [3.8, 4) is 5.88 Å². The van der Waals surface area contributed by atoms with E-state index in [4.69, 9.17) is 12.6 Å². The summed E-state index contributed by atoms with van der Waals surface area (Å²) in [6.07, 6.45) is 0. The molecule has 3 nitrogen and oxygen atoms in total.